The molecular weight excluding hydrogens is 567 g/mol. The third kappa shape index (κ3) is 8.18. The lowest BCUT2D eigenvalue weighted by atomic mass is 9.83. The number of aliphatic carboxylic acids is 1. The molecule has 2 heterocycles. The molecule has 1 unspecified atom stereocenters. The van der Waals surface area contributed by atoms with E-state index in [1.807, 2.05) is 47.7 Å². The average Bonchev–Trinajstić information content (AvgIpc) is 2.90. The van der Waals surface area contributed by atoms with Crippen LogP contribution in [0, 0.1) is 52.3 Å². The number of carboxylic acid groups (broad SMARTS) is 1. The average molecular weight is 617 g/mol. The lowest BCUT2D eigenvalue weighted by Gasteiger charge is -2.37. The van der Waals surface area contributed by atoms with E-state index in [0.29, 0.717) is 17.9 Å². The fourth-order valence-electron chi connectivity index (χ4n) is 7.08. The van der Waals surface area contributed by atoms with Gasteiger partial charge in [0.15, 0.2) is 5.78 Å². The third-order valence-electron chi connectivity index (χ3n) is 9.19. The number of hydrogen-bond acceptors (Lipinski definition) is 4. The summed E-state index contributed by atoms with van der Waals surface area (Å²) in [6.45, 7) is 18.9. The zero-order valence-electron chi connectivity index (χ0n) is 28.2. The zero-order valence-corrected chi connectivity index (χ0v) is 28.2. The normalized spacial score (nSPS) is 15.2. The van der Waals surface area contributed by atoms with Crippen LogP contribution in [0.4, 0.5) is 4.39 Å². The van der Waals surface area contributed by atoms with E-state index in [1.165, 1.54) is 4.57 Å². The van der Waals surface area contributed by atoms with Gasteiger partial charge in [-0.25, -0.2) is 4.39 Å². The monoisotopic (exact) mass is 616 g/mol. The lowest BCUT2D eigenvalue weighted by molar-refractivity contribution is -0.137. The number of benzene rings is 2. The van der Waals surface area contributed by atoms with Gasteiger partial charge >= 0.3 is 5.97 Å². The summed E-state index contributed by atoms with van der Waals surface area (Å²) in [6, 6.07) is 8.49. The van der Waals surface area contributed by atoms with Gasteiger partial charge in [-0.15, -0.1) is 0 Å². The maximum atomic E-state index is 15.9. The predicted molar refractivity (Wildman–Crippen MR) is 179 cm³/mol. The van der Waals surface area contributed by atoms with Crippen LogP contribution in [-0.4, -0.2) is 46.0 Å². The van der Waals surface area contributed by atoms with Gasteiger partial charge in [0.2, 0.25) is 0 Å². The Kier molecular flexibility index (Phi) is 10.9. The summed E-state index contributed by atoms with van der Waals surface area (Å²) in [5.41, 5.74) is 7.31. The van der Waals surface area contributed by atoms with Crippen LogP contribution in [0.5, 0.6) is 0 Å². The molecule has 1 fully saturated rings. The van der Waals surface area contributed by atoms with Crippen molar-refractivity contribution in [2.24, 2.45) is 11.8 Å². The van der Waals surface area contributed by atoms with Crippen LogP contribution >= 0.6 is 0 Å². The van der Waals surface area contributed by atoms with Gasteiger partial charge in [-0.2, -0.15) is 0 Å². The van der Waals surface area contributed by atoms with E-state index in [-0.39, 0.29) is 29.2 Å². The van der Waals surface area contributed by atoms with E-state index in [1.54, 1.807) is 25.1 Å². The summed E-state index contributed by atoms with van der Waals surface area (Å²) in [5, 5.41) is 9.89. The highest BCUT2D eigenvalue weighted by atomic mass is 19.1. The molecule has 45 heavy (non-hydrogen) atoms. The molecule has 1 N–H and O–H groups in total. The van der Waals surface area contributed by atoms with Crippen molar-refractivity contribution in [1.29, 1.82) is 0 Å². The molecule has 1 aliphatic heterocycles. The summed E-state index contributed by atoms with van der Waals surface area (Å²) in [4.78, 5) is 42.0. The summed E-state index contributed by atoms with van der Waals surface area (Å²) in [6.07, 6.45) is 2.45. The minimum absolute atomic E-state index is 0.103. The first-order valence-electron chi connectivity index (χ1n) is 16.2. The van der Waals surface area contributed by atoms with Crippen molar-refractivity contribution < 1.29 is 19.1 Å². The van der Waals surface area contributed by atoms with E-state index < -0.39 is 30.2 Å². The number of carbonyl (C=O) groups is 2. The van der Waals surface area contributed by atoms with Gasteiger partial charge < -0.3 is 14.6 Å². The van der Waals surface area contributed by atoms with Gasteiger partial charge in [-0.05, 0) is 116 Å². The van der Waals surface area contributed by atoms with Crippen LogP contribution in [0.1, 0.15) is 90.9 Å². The van der Waals surface area contributed by atoms with Crippen LogP contribution in [0.15, 0.2) is 41.3 Å². The minimum atomic E-state index is -1.10. The van der Waals surface area contributed by atoms with Gasteiger partial charge in [0.05, 0.1) is 12.5 Å². The predicted octanol–water partition coefficient (Wildman–Crippen LogP) is 7.50. The molecule has 3 aromatic rings. The van der Waals surface area contributed by atoms with Crippen molar-refractivity contribution in [3.05, 3.63) is 91.6 Å². The zero-order chi connectivity index (χ0) is 33.2. The molecule has 7 heteroatoms. The van der Waals surface area contributed by atoms with E-state index >= 15 is 4.39 Å². The molecule has 0 aliphatic carbocycles. The molecule has 0 amide bonds. The maximum Gasteiger partial charge on any atom is 0.303 e. The number of aryl methyl sites for hydroxylation is 5. The molecule has 0 spiro atoms. The molecular formula is C38H49FN2O4. The molecule has 4 rings (SSSR count). The van der Waals surface area contributed by atoms with E-state index in [2.05, 4.69) is 24.0 Å². The number of carboxylic acids is 1. The Hall–Kier alpha value is -3.58. The number of carbonyl (C=O) groups excluding carboxylic acids is 1. The van der Waals surface area contributed by atoms with Crippen molar-refractivity contribution in [3.8, 4) is 11.1 Å². The summed E-state index contributed by atoms with van der Waals surface area (Å²) < 4.78 is 17.4. The van der Waals surface area contributed by atoms with Crippen LogP contribution in [0.3, 0.4) is 0 Å². The lowest BCUT2D eigenvalue weighted by Crippen LogP contribution is -2.45. The van der Waals surface area contributed by atoms with Crippen molar-refractivity contribution in [2.45, 2.75) is 93.0 Å². The van der Waals surface area contributed by atoms with Crippen molar-refractivity contribution in [3.63, 3.8) is 0 Å². The standard InChI is InChI=1S/C38H49FN2O4/c1-22(2)11-33(41-21-29(25(5)15-35(41)43)9-10-40-19-24(4)20-40)34(42)17-30(18-36(44)45)32-16-31(14-28(8)38(32)39)37-26(6)12-23(3)13-27(37)7/h12-16,21-22,24,30,33H,9-11,17-20H2,1-8H3,(H,44,45)/t30-,33?/m0/s1. The number of rotatable bonds is 13. The maximum absolute atomic E-state index is 15.9. The number of ketones is 1. The van der Waals surface area contributed by atoms with Crippen LogP contribution < -0.4 is 5.56 Å². The highest BCUT2D eigenvalue weighted by molar-refractivity contribution is 5.84. The quantitative estimate of drug-likeness (QED) is 0.215. The van der Waals surface area contributed by atoms with Crippen molar-refractivity contribution in [2.75, 3.05) is 19.6 Å². The first-order valence-corrected chi connectivity index (χ1v) is 16.2. The SMILES string of the molecule is Cc1cc(C)c(-c2cc(C)c(F)c([C@H](CC(=O)O)CC(=O)C(CC(C)C)n3cc(CCN4CC(C)C4)c(C)cc3=O)c2)c(C)c1. The third-order valence-corrected chi connectivity index (χ3v) is 9.19. The molecule has 0 saturated carbocycles. The van der Waals surface area contributed by atoms with Crippen LogP contribution in [0.2, 0.25) is 0 Å². The Bertz CT molecular complexity index is 1610. The molecule has 2 aromatic carbocycles. The number of aromatic nitrogens is 1. The summed E-state index contributed by atoms with van der Waals surface area (Å²) >= 11 is 0. The van der Waals surface area contributed by atoms with Crippen LogP contribution in [0.25, 0.3) is 11.1 Å². The second-order valence-electron chi connectivity index (χ2n) is 13.9. The first kappa shape index (κ1) is 34.3. The molecule has 0 radical (unpaired) electrons. The molecule has 1 saturated heterocycles. The fourth-order valence-corrected chi connectivity index (χ4v) is 7.08. The molecule has 1 aliphatic rings. The topological polar surface area (TPSA) is 79.6 Å². The summed E-state index contributed by atoms with van der Waals surface area (Å²) in [7, 11) is 0. The number of halogens is 1. The number of hydrogen-bond donors (Lipinski definition) is 1. The van der Waals surface area contributed by atoms with Crippen molar-refractivity contribution >= 4 is 11.8 Å². The molecule has 2 atom stereocenters. The highest BCUT2D eigenvalue weighted by Crippen LogP contribution is 2.37. The Morgan fingerprint density at radius 3 is 2.16 bits per heavy atom. The fraction of sp³-hybridized carbons (Fsp3) is 0.500. The van der Waals surface area contributed by atoms with Gasteiger partial charge in [0.25, 0.3) is 5.56 Å². The van der Waals surface area contributed by atoms with E-state index in [4.69, 9.17) is 0 Å². The number of likely N-dealkylation sites (tertiary alicyclic amines) is 1. The Morgan fingerprint density at radius 1 is 0.933 bits per heavy atom. The van der Waals surface area contributed by atoms with Crippen molar-refractivity contribution in [1.82, 2.24) is 9.47 Å². The van der Waals surface area contributed by atoms with Gasteiger partial charge in [0.1, 0.15) is 5.82 Å². The first-order chi connectivity index (χ1) is 21.1. The second-order valence-corrected chi connectivity index (χ2v) is 13.9. The Labute approximate surface area is 267 Å². The Morgan fingerprint density at radius 2 is 1.58 bits per heavy atom. The molecule has 1 aromatic heterocycles. The number of nitrogens with zero attached hydrogens (tertiary/aromatic N) is 2. The number of Topliss-reactive ketones (excluding diaryl/α,β-unsaturated/α-hetero) is 1. The minimum Gasteiger partial charge on any atom is -0.481 e. The molecule has 6 nitrogen and oxygen atoms in total. The molecule has 242 valence electrons. The number of pyridine rings is 1. The van der Waals surface area contributed by atoms with Crippen LogP contribution in [-0.2, 0) is 16.0 Å². The second kappa shape index (κ2) is 14.2. The van der Waals surface area contributed by atoms with E-state index in [0.717, 1.165) is 65.0 Å². The smallest absolute Gasteiger partial charge is 0.303 e. The van der Waals surface area contributed by atoms with Gasteiger partial charge in [-0.1, -0.05) is 38.5 Å². The Balaban J connectivity index is 1.71. The van der Waals surface area contributed by atoms with E-state index in [9.17, 15) is 19.5 Å². The van der Waals surface area contributed by atoms with Gasteiger partial charge in [-0.3, -0.25) is 14.4 Å². The highest BCUT2D eigenvalue weighted by Gasteiger charge is 2.30. The van der Waals surface area contributed by atoms with Gasteiger partial charge in [0, 0.05) is 44.2 Å². The summed E-state index contributed by atoms with van der Waals surface area (Å²) in [5.74, 6) is -1.93. The largest absolute Gasteiger partial charge is 0.481 e. The molecule has 0 bridgehead atoms.